The molecule has 6 nitrogen and oxygen atoms in total. The summed E-state index contributed by atoms with van der Waals surface area (Å²) in [5, 5.41) is 6.37. The number of piperidine rings is 1. The molecule has 3 heterocycles. The van der Waals surface area contributed by atoms with Crippen molar-refractivity contribution in [1.29, 1.82) is 0 Å². The van der Waals surface area contributed by atoms with E-state index in [0.29, 0.717) is 5.92 Å². The maximum Gasteiger partial charge on any atom is 0.237 e. The van der Waals surface area contributed by atoms with Crippen LogP contribution in [0.25, 0.3) is 0 Å². The van der Waals surface area contributed by atoms with Crippen molar-refractivity contribution in [2.24, 2.45) is 13.0 Å². The van der Waals surface area contributed by atoms with Gasteiger partial charge >= 0.3 is 0 Å². The third kappa shape index (κ3) is 3.37. The molecule has 116 valence electrons. The van der Waals surface area contributed by atoms with Gasteiger partial charge in [0, 0.05) is 39.1 Å². The second-order valence-corrected chi connectivity index (χ2v) is 6.19. The van der Waals surface area contributed by atoms with Crippen molar-refractivity contribution in [2.45, 2.75) is 31.7 Å². The van der Waals surface area contributed by atoms with Crippen LogP contribution in [0.15, 0.2) is 12.4 Å². The normalized spacial score (nSPS) is 26.0. The van der Waals surface area contributed by atoms with E-state index in [1.165, 1.54) is 6.42 Å². The third-order valence-corrected chi connectivity index (χ3v) is 4.54. The Morgan fingerprint density at radius 2 is 2.38 bits per heavy atom. The number of carbonyl (C=O) groups is 1. The van der Waals surface area contributed by atoms with Gasteiger partial charge in [0.15, 0.2) is 0 Å². The lowest BCUT2D eigenvalue weighted by Crippen LogP contribution is -2.46. The molecule has 3 rings (SSSR count). The number of aromatic nitrogens is 2. The Labute approximate surface area is 125 Å². The van der Waals surface area contributed by atoms with Crippen molar-refractivity contribution in [3.63, 3.8) is 0 Å². The molecule has 2 unspecified atom stereocenters. The van der Waals surface area contributed by atoms with Gasteiger partial charge < -0.3 is 20.1 Å². The van der Waals surface area contributed by atoms with E-state index in [1.54, 1.807) is 0 Å². The molecule has 2 fully saturated rings. The van der Waals surface area contributed by atoms with Crippen LogP contribution in [-0.4, -0.2) is 47.7 Å². The predicted octanol–water partition coefficient (Wildman–Crippen LogP) is 0.505. The van der Waals surface area contributed by atoms with Crippen molar-refractivity contribution < 1.29 is 4.79 Å². The first-order valence-electron chi connectivity index (χ1n) is 7.97. The number of rotatable bonds is 4. The van der Waals surface area contributed by atoms with Crippen LogP contribution < -0.4 is 15.5 Å². The molecule has 2 aliphatic heterocycles. The largest absolute Gasteiger partial charge is 0.354 e. The van der Waals surface area contributed by atoms with Crippen LogP contribution in [0.4, 0.5) is 5.95 Å². The van der Waals surface area contributed by atoms with Gasteiger partial charge in [-0.05, 0) is 38.1 Å². The standard InChI is InChI=1S/C15H25N5O/c1-19-9-7-17-15(19)20-8-3-4-12(11-20)10-18-14(21)13-5-2-6-16-13/h7,9,12-13,16H,2-6,8,10-11H2,1H3,(H,18,21). The molecule has 2 N–H and O–H groups in total. The van der Waals surface area contributed by atoms with Crippen LogP contribution in [0, 0.1) is 5.92 Å². The van der Waals surface area contributed by atoms with Crippen LogP contribution in [0.1, 0.15) is 25.7 Å². The zero-order chi connectivity index (χ0) is 14.7. The van der Waals surface area contributed by atoms with E-state index in [1.807, 2.05) is 19.4 Å². The highest BCUT2D eigenvalue weighted by atomic mass is 16.2. The summed E-state index contributed by atoms with van der Waals surface area (Å²) >= 11 is 0. The summed E-state index contributed by atoms with van der Waals surface area (Å²) in [4.78, 5) is 18.8. The maximum absolute atomic E-state index is 12.0. The van der Waals surface area contributed by atoms with Gasteiger partial charge in [0.05, 0.1) is 6.04 Å². The molecule has 0 spiro atoms. The number of hydrogen-bond acceptors (Lipinski definition) is 4. The Balaban J connectivity index is 1.49. The van der Waals surface area contributed by atoms with Gasteiger partial charge in [0.1, 0.15) is 0 Å². The Kier molecular flexibility index (Phi) is 4.43. The predicted molar refractivity (Wildman–Crippen MR) is 82.2 cm³/mol. The fraction of sp³-hybridized carbons (Fsp3) is 0.733. The second-order valence-electron chi connectivity index (χ2n) is 6.19. The summed E-state index contributed by atoms with van der Waals surface area (Å²) in [7, 11) is 2.03. The number of imidazole rings is 1. The Hall–Kier alpha value is -1.56. The molecule has 1 aromatic rings. The number of aryl methyl sites for hydroxylation is 1. The molecule has 1 amide bonds. The van der Waals surface area contributed by atoms with E-state index in [9.17, 15) is 4.79 Å². The molecular weight excluding hydrogens is 266 g/mol. The van der Waals surface area contributed by atoms with Crippen LogP contribution in [0.3, 0.4) is 0 Å². The number of nitrogens with one attached hydrogen (secondary N) is 2. The minimum absolute atomic E-state index is 0.0271. The summed E-state index contributed by atoms with van der Waals surface area (Å²) in [6.07, 6.45) is 8.23. The van der Waals surface area contributed by atoms with Gasteiger partial charge in [0.2, 0.25) is 11.9 Å². The van der Waals surface area contributed by atoms with E-state index < -0.39 is 0 Å². The van der Waals surface area contributed by atoms with E-state index in [-0.39, 0.29) is 11.9 Å². The Bertz CT molecular complexity index is 480. The fourth-order valence-electron chi connectivity index (χ4n) is 3.35. The lowest BCUT2D eigenvalue weighted by Gasteiger charge is -2.33. The topological polar surface area (TPSA) is 62.2 Å². The summed E-state index contributed by atoms with van der Waals surface area (Å²) in [5.41, 5.74) is 0. The van der Waals surface area contributed by atoms with E-state index in [2.05, 4.69) is 25.1 Å². The van der Waals surface area contributed by atoms with E-state index in [4.69, 9.17) is 0 Å². The van der Waals surface area contributed by atoms with Gasteiger partial charge in [0.25, 0.3) is 0 Å². The lowest BCUT2D eigenvalue weighted by atomic mass is 9.98. The van der Waals surface area contributed by atoms with Crippen LogP contribution >= 0.6 is 0 Å². The van der Waals surface area contributed by atoms with Gasteiger partial charge in [-0.1, -0.05) is 0 Å². The zero-order valence-electron chi connectivity index (χ0n) is 12.7. The summed E-state index contributed by atoms with van der Waals surface area (Å²) in [6, 6.07) is 0.0271. The van der Waals surface area contributed by atoms with Crippen LogP contribution in [-0.2, 0) is 11.8 Å². The second kappa shape index (κ2) is 6.47. The van der Waals surface area contributed by atoms with Gasteiger partial charge in [-0.3, -0.25) is 4.79 Å². The van der Waals surface area contributed by atoms with Gasteiger partial charge in [-0.2, -0.15) is 0 Å². The van der Waals surface area contributed by atoms with Crippen molar-refractivity contribution in [2.75, 3.05) is 31.1 Å². The molecule has 0 aromatic carbocycles. The van der Waals surface area contributed by atoms with E-state index in [0.717, 1.165) is 51.4 Å². The first-order valence-corrected chi connectivity index (χ1v) is 7.97. The average Bonchev–Trinajstić information content (AvgIpc) is 3.16. The number of carbonyl (C=O) groups excluding carboxylic acids is 1. The first kappa shape index (κ1) is 14.4. The molecule has 2 saturated heterocycles. The molecule has 21 heavy (non-hydrogen) atoms. The molecule has 6 heteroatoms. The Morgan fingerprint density at radius 1 is 1.48 bits per heavy atom. The zero-order valence-corrected chi connectivity index (χ0v) is 12.7. The molecule has 0 aliphatic carbocycles. The summed E-state index contributed by atoms with van der Waals surface area (Å²) < 4.78 is 2.06. The van der Waals surface area contributed by atoms with E-state index >= 15 is 0 Å². The van der Waals surface area contributed by atoms with Crippen molar-refractivity contribution in [3.8, 4) is 0 Å². The maximum atomic E-state index is 12.0. The summed E-state index contributed by atoms with van der Waals surface area (Å²) in [6.45, 7) is 3.77. The number of amides is 1. The minimum Gasteiger partial charge on any atom is -0.354 e. The molecule has 2 atom stereocenters. The fourth-order valence-corrected chi connectivity index (χ4v) is 3.35. The number of nitrogens with zero attached hydrogens (tertiary/aromatic N) is 3. The van der Waals surface area contributed by atoms with Crippen molar-refractivity contribution >= 4 is 11.9 Å². The number of hydrogen-bond donors (Lipinski definition) is 2. The highest BCUT2D eigenvalue weighted by molar-refractivity contribution is 5.81. The smallest absolute Gasteiger partial charge is 0.237 e. The minimum atomic E-state index is 0.0271. The lowest BCUT2D eigenvalue weighted by molar-refractivity contribution is -0.122. The van der Waals surface area contributed by atoms with Crippen LogP contribution in [0.5, 0.6) is 0 Å². The molecule has 1 aromatic heterocycles. The van der Waals surface area contributed by atoms with Crippen molar-refractivity contribution in [3.05, 3.63) is 12.4 Å². The highest BCUT2D eigenvalue weighted by Crippen LogP contribution is 2.21. The molecule has 0 saturated carbocycles. The molecule has 0 bridgehead atoms. The average molecular weight is 291 g/mol. The summed E-state index contributed by atoms with van der Waals surface area (Å²) in [5.74, 6) is 1.71. The Morgan fingerprint density at radius 3 is 3.10 bits per heavy atom. The third-order valence-electron chi connectivity index (χ3n) is 4.54. The first-order chi connectivity index (χ1) is 10.2. The monoisotopic (exact) mass is 291 g/mol. The van der Waals surface area contributed by atoms with Gasteiger partial charge in [-0.25, -0.2) is 4.98 Å². The quantitative estimate of drug-likeness (QED) is 0.848. The van der Waals surface area contributed by atoms with Crippen molar-refractivity contribution in [1.82, 2.24) is 20.2 Å². The molecule has 0 radical (unpaired) electrons. The van der Waals surface area contributed by atoms with Gasteiger partial charge in [-0.15, -0.1) is 0 Å². The highest BCUT2D eigenvalue weighted by Gasteiger charge is 2.25. The SMILES string of the molecule is Cn1ccnc1N1CCCC(CNC(=O)C2CCCN2)C1. The molecule has 2 aliphatic rings. The van der Waals surface area contributed by atoms with Crippen LogP contribution in [0.2, 0.25) is 0 Å². The molecular formula is C15H25N5O. The number of anilines is 1.